The Bertz CT molecular complexity index is 326. The first kappa shape index (κ1) is 15.7. The van der Waals surface area contributed by atoms with Gasteiger partial charge in [-0.15, -0.1) is 12.4 Å². The van der Waals surface area contributed by atoms with Crippen LogP contribution in [-0.4, -0.2) is 24.7 Å². The Labute approximate surface area is 120 Å². The third-order valence-corrected chi connectivity index (χ3v) is 3.41. The van der Waals surface area contributed by atoms with Gasteiger partial charge in [0.1, 0.15) is 5.15 Å². The summed E-state index contributed by atoms with van der Waals surface area (Å²) in [5, 5.41) is 3.91. The van der Waals surface area contributed by atoms with Crippen molar-refractivity contribution in [2.45, 2.75) is 25.9 Å². The number of nitrogens with zero attached hydrogens (tertiary/aromatic N) is 1. The summed E-state index contributed by atoms with van der Waals surface area (Å²) in [5.74, 6) is 0.833. The smallest absolute Gasteiger partial charge is 0.129 e. The number of hydrogen-bond acceptors (Lipinski definition) is 3. The minimum atomic E-state index is 0. The maximum absolute atomic E-state index is 5.72. The number of pyridine rings is 1. The number of hydrogen-bond donors (Lipinski definition) is 1. The molecule has 1 aromatic heterocycles. The second-order valence-electron chi connectivity index (χ2n) is 4.52. The van der Waals surface area contributed by atoms with Gasteiger partial charge in [0.2, 0.25) is 0 Å². The van der Waals surface area contributed by atoms with Crippen molar-refractivity contribution in [3.63, 3.8) is 0 Å². The van der Waals surface area contributed by atoms with Crippen molar-refractivity contribution in [3.05, 3.63) is 29.0 Å². The van der Waals surface area contributed by atoms with Crippen LogP contribution in [0.2, 0.25) is 5.15 Å². The van der Waals surface area contributed by atoms with Crippen molar-refractivity contribution >= 4 is 24.0 Å². The number of ether oxygens (including phenoxy) is 1. The van der Waals surface area contributed by atoms with E-state index < -0.39 is 0 Å². The summed E-state index contributed by atoms with van der Waals surface area (Å²) in [7, 11) is 0. The molecule has 1 aromatic rings. The quantitative estimate of drug-likeness (QED) is 0.669. The van der Waals surface area contributed by atoms with Gasteiger partial charge in [-0.05, 0) is 49.9 Å². The van der Waals surface area contributed by atoms with Gasteiger partial charge in [-0.1, -0.05) is 17.7 Å². The van der Waals surface area contributed by atoms with Gasteiger partial charge in [0, 0.05) is 12.8 Å². The van der Waals surface area contributed by atoms with Gasteiger partial charge >= 0.3 is 0 Å². The van der Waals surface area contributed by atoms with Crippen LogP contribution < -0.4 is 5.32 Å². The molecule has 1 fully saturated rings. The molecule has 0 atom stereocenters. The molecule has 1 aliphatic rings. The zero-order chi connectivity index (χ0) is 11.9. The van der Waals surface area contributed by atoms with Gasteiger partial charge in [0.15, 0.2) is 0 Å². The van der Waals surface area contributed by atoms with E-state index in [4.69, 9.17) is 16.3 Å². The third-order valence-electron chi connectivity index (χ3n) is 3.19. The van der Waals surface area contributed by atoms with E-state index in [-0.39, 0.29) is 12.4 Å². The highest BCUT2D eigenvalue weighted by Crippen LogP contribution is 2.16. The predicted molar refractivity (Wildman–Crippen MR) is 76.4 cm³/mol. The predicted octanol–water partition coefficient (Wildman–Crippen LogP) is 3.06. The zero-order valence-electron chi connectivity index (χ0n) is 10.4. The molecule has 0 bridgehead atoms. The second kappa shape index (κ2) is 8.70. The van der Waals surface area contributed by atoms with Crippen molar-refractivity contribution < 1.29 is 4.74 Å². The van der Waals surface area contributed by atoms with Crippen LogP contribution in [0.1, 0.15) is 24.8 Å². The molecule has 0 radical (unpaired) electrons. The molecule has 0 aromatic carbocycles. The highest BCUT2D eigenvalue weighted by atomic mass is 35.5. The molecule has 102 valence electrons. The summed E-state index contributed by atoms with van der Waals surface area (Å²) < 4.78 is 5.66. The third kappa shape index (κ3) is 5.53. The molecule has 1 aliphatic heterocycles. The highest BCUT2D eigenvalue weighted by molar-refractivity contribution is 6.29. The van der Waals surface area contributed by atoms with E-state index in [0.29, 0.717) is 11.8 Å². The first-order chi connectivity index (χ1) is 8.34. The fraction of sp³-hybridized carbons (Fsp3) is 0.615. The van der Waals surface area contributed by atoms with E-state index in [9.17, 15) is 0 Å². The summed E-state index contributed by atoms with van der Waals surface area (Å²) in [6, 6.07) is 3.76. The first-order valence-electron chi connectivity index (χ1n) is 6.23. The summed E-state index contributed by atoms with van der Waals surface area (Å²) in [4.78, 5) is 4.02. The van der Waals surface area contributed by atoms with Gasteiger partial charge in [-0.25, -0.2) is 4.98 Å². The van der Waals surface area contributed by atoms with Crippen molar-refractivity contribution in [1.29, 1.82) is 0 Å². The molecule has 2 heterocycles. The molecular weight excluding hydrogens is 271 g/mol. The van der Waals surface area contributed by atoms with Gasteiger partial charge in [0.05, 0.1) is 6.61 Å². The molecule has 18 heavy (non-hydrogen) atoms. The largest absolute Gasteiger partial charge is 0.377 e. The summed E-state index contributed by atoms with van der Waals surface area (Å²) in [6.45, 7) is 3.79. The Morgan fingerprint density at radius 3 is 2.78 bits per heavy atom. The number of piperidine rings is 1. The van der Waals surface area contributed by atoms with Crippen LogP contribution in [0.15, 0.2) is 18.3 Å². The summed E-state index contributed by atoms with van der Waals surface area (Å²) in [6.07, 6.45) is 5.51. The molecule has 0 unspecified atom stereocenters. The Hall–Kier alpha value is -0.350. The zero-order valence-corrected chi connectivity index (χ0v) is 12.0. The molecule has 0 aliphatic carbocycles. The SMILES string of the molecule is Cl.Clc1ccc(COCCC2CCNCC2)cn1. The Morgan fingerprint density at radius 2 is 2.11 bits per heavy atom. The number of aromatic nitrogens is 1. The van der Waals surface area contributed by atoms with E-state index in [1.54, 1.807) is 12.3 Å². The molecule has 5 heteroatoms. The van der Waals surface area contributed by atoms with E-state index in [2.05, 4.69) is 10.3 Å². The minimum Gasteiger partial charge on any atom is -0.377 e. The van der Waals surface area contributed by atoms with Crippen molar-refractivity contribution in [2.24, 2.45) is 5.92 Å². The lowest BCUT2D eigenvalue weighted by Gasteiger charge is -2.22. The van der Waals surface area contributed by atoms with Crippen LogP contribution in [0.3, 0.4) is 0 Å². The van der Waals surface area contributed by atoms with Crippen molar-refractivity contribution in [3.8, 4) is 0 Å². The topological polar surface area (TPSA) is 34.1 Å². The van der Waals surface area contributed by atoms with Gasteiger partial charge in [0.25, 0.3) is 0 Å². The molecular formula is C13H20Cl2N2O. The fourth-order valence-electron chi connectivity index (χ4n) is 2.10. The fourth-order valence-corrected chi connectivity index (χ4v) is 2.21. The molecule has 2 rings (SSSR count). The lowest BCUT2D eigenvalue weighted by Crippen LogP contribution is -2.28. The Kier molecular flexibility index (Phi) is 7.59. The number of halogens is 2. The second-order valence-corrected chi connectivity index (χ2v) is 4.91. The maximum Gasteiger partial charge on any atom is 0.129 e. The molecule has 1 saturated heterocycles. The van der Waals surface area contributed by atoms with Crippen LogP contribution in [0.4, 0.5) is 0 Å². The molecule has 3 nitrogen and oxygen atoms in total. The lowest BCUT2D eigenvalue weighted by atomic mass is 9.95. The lowest BCUT2D eigenvalue weighted by molar-refractivity contribution is 0.102. The van der Waals surface area contributed by atoms with E-state index in [1.807, 2.05) is 6.07 Å². The van der Waals surface area contributed by atoms with Crippen LogP contribution in [-0.2, 0) is 11.3 Å². The normalized spacial score (nSPS) is 16.3. The monoisotopic (exact) mass is 290 g/mol. The number of nitrogens with one attached hydrogen (secondary N) is 1. The Balaban J connectivity index is 0.00000162. The minimum absolute atomic E-state index is 0. The molecule has 0 spiro atoms. The van der Waals surface area contributed by atoms with Crippen molar-refractivity contribution in [1.82, 2.24) is 10.3 Å². The number of rotatable bonds is 5. The molecule has 0 saturated carbocycles. The summed E-state index contributed by atoms with van der Waals surface area (Å²) >= 11 is 5.72. The van der Waals surface area contributed by atoms with Crippen LogP contribution in [0.25, 0.3) is 0 Å². The van der Waals surface area contributed by atoms with E-state index in [0.717, 1.165) is 31.2 Å². The van der Waals surface area contributed by atoms with Gasteiger partial charge < -0.3 is 10.1 Å². The van der Waals surface area contributed by atoms with Crippen LogP contribution >= 0.6 is 24.0 Å². The standard InChI is InChI=1S/C13H19ClN2O.ClH/c14-13-2-1-12(9-16-13)10-17-8-5-11-3-6-15-7-4-11;/h1-2,9,11,15H,3-8,10H2;1H. The average Bonchev–Trinajstić information content (AvgIpc) is 2.38. The highest BCUT2D eigenvalue weighted by Gasteiger charge is 2.12. The van der Waals surface area contributed by atoms with Gasteiger partial charge in [-0.3, -0.25) is 0 Å². The van der Waals surface area contributed by atoms with Crippen molar-refractivity contribution in [2.75, 3.05) is 19.7 Å². The van der Waals surface area contributed by atoms with Crippen LogP contribution in [0.5, 0.6) is 0 Å². The Morgan fingerprint density at radius 1 is 1.33 bits per heavy atom. The molecule has 1 N–H and O–H groups in total. The average molecular weight is 291 g/mol. The van der Waals surface area contributed by atoms with Gasteiger partial charge in [-0.2, -0.15) is 0 Å². The maximum atomic E-state index is 5.72. The summed E-state index contributed by atoms with van der Waals surface area (Å²) in [5.41, 5.74) is 1.08. The van der Waals surface area contributed by atoms with E-state index >= 15 is 0 Å². The van der Waals surface area contributed by atoms with E-state index in [1.165, 1.54) is 19.3 Å². The molecule has 0 amide bonds. The first-order valence-corrected chi connectivity index (χ1v) is 6.61. The van der Waals surface area contributed by atoms with Crippen LogP contribution in [0, 0.1) is 5.92 Å².